The van der Waals surface area contributed by atoms with Gasteiger partial charge in [-0.2, -0.15) is 0 Å². The first kappa shape index (κ1) is 13.5. The predicted molar refractivity (Wildman–Crippen MR) is 69.6 cm³/mol. The highest BCUT2D eigenvalue weighted by Gasteiger charge is 2.28. The van der Waals surface area contributed by atoms with Crippen LogP contribution in [0.25, 0.3) is 0 Å². The fourth-order valence-corrected chi connectivity index (χ4v) is 1.88. The van der Waals surface area contributed by atoms with Crippen molar-refractivity contribution < 1.29 is 9.53 Å². The van der Waals surface area contributed by atoms with E-state index in [-0.39, 0.29) is 11.9 Å². The first-order valence-corrected chi connectivity index (χ1v) is 6.11. The van der Waals surface area contributed by atoms with Gasteiger partial charge in [0.25, 0.3) is 0 Å². The first-order valence-electron chi connectivity index (χ1n) is 6.11. The van der Waals surface area contributed by atoms with Gasteiger partial charge in [0.15, 0.2) is 0 Å². The molecule has 0 N–H and O–H groups in total. The highest BCUT2D eigenvalue weighted by atomic mass is 16.5. The molecule has 0 bridgehead atoms. The molecule has 0 aromatic heterocycles. The second-order valence-corrected chi connectivity index (χ2v) is 3.97. The number of hydrogen-bond donors (Lipinski definition) is 0. The van der Waals surface area contributed by atoms with E-state index < -0.39 is 0 Å². The molecule has 0 amide bonds. The average Bonchev–Trinajstić information content (AvgIpc) is 2.63. The molecular formula is C15H20O2. The molecule has 1 heterocycles. The molecule has 1 fully saturated rings. The lowest BCUT2D eigenvalue weighted by Gasteiger charge is -2.09. The van der Waals surface area contributed by atoms with E-state index in [2.05, 4.69) is 25.6 Å². The van der Waals surface area contributed by atoms with Gasteiger partial charge in [0.1, 0.15) is 5.76 Å². The van der Waals surface area contributed by atoms with E-state index in [1.165, 1.54) is 11.1 Å². The normalized spacial score (nSPS) is 18.4. The van der Waals surface area contributed by atoms with Crippen LogP contribution in [0, 0.1) is 12.8 Å². The van der Waals surface area contributed by atoms with Gasteiger partial charge < -0.3 is 4.74 Å². The zero-order chi connectivity index (χ0) is 12.8. The van der Waals surface area contributed by atoms with Crippen LogP contribution < -0.4 is 0 Å². The first-order chi connectivity index (χ1) is 8.16. The van der Waals surface area contributed by atoms with E-state index in [0.717, 1.165) is 6.42 Å². The second-order valence-electron chi connectivity index (χ2n) is 3.97. The Morgan fingerprint density at radius 1 is 1.35 bits per heavy atom. The molecule has 0 spiro atoms. The smallest absolute Gasteiger partial charge is 0.311 e. The standard InChI is InChI=1S/C13H14O2.C2H6/c1-9-5-3-4-6-11(9)7-12-8-13(14)15-10(12)2;1-2/h3-6,12H,2,7-8H2,1H3;1-2H3. The molecule has 0 aliphatic carbocycles. The van der Waals surface area contributed by atoms with Gasteiger partial charge in [0.05, 0.1) is 6.42 Å². The van der Waals surface area contributed by atoms with Crippen molar-refractivity contribution >= 4 is 5.97 Å². The molecule has 0 radical (unpaired) electrons. The number of cyclic esters (lactones) is 1. The zero-order valence-electron chi connectivity index (χ0n) is 10.8. The molecule has 1 aliphatic rings. The Morgan fingerprint density at radius 2 is 2.00 bits per heavy atom. The van der Waals surface area contributed by atoms with E-state index >= 15 is 0 Å². The highest BCUT2D eigenvalue weighted by molar-refractivity contribution is 5.74. The Labute approximate surface area is 103 Å². The van der Waals surface area contributed by atoms with Gasteiger partial charge in [-0.25, -0.2) is 0 Å². The number of ether oxygens (including phenoxy) is 1. The summed E-state index contributed by atoms with van der Waals surface area (Å²) in [5, 5.41) is 0. The summed E-state index contributed by atoms with van der Waals surface area (Å²) in [5.41, 5.74) is 2.52. The fraction of sp³-hybridized carbons (Fsp3) is 0.400. The molecule has 2 nitrogen and oxygen atoms in total. The van der Waals surface area contributed by atoms with Crippen molar-refractivity contribution in [2.75, 3.05) is 0 Å². The fourth-order valence-electron chi connectivity index (χ4n) is 1.88. The molecule has 1 saturated heterocycles. The minimum Gasteiger partial charge on any atom is -0.431 e. The van der Waals surface area contributed by atoms with E-state index in [1.807, 2.05) is 26.0 Å². The molecule has 92 valence electrons. The number of rotatable bonds is 2. The lowest BCUT2D eigenvalue weighted by atomic mass is 9.94. The van der Waals surface area contributed by atoms with Crippen LogP contribution >= 0.6 is 0 Å². The second kappa shape index (κ2) is 6.24. The summed E-state index contributed by atoms with van der Waals surface area (Å²) in [4.78, 5) is 11.1. The van der Waals surface area contributed by atoms with Gasteiger partial charge in [0.2, 0.25) is 0 Å². The number of hydrogen-bond acceptors (Lipinski definition) is 2. The maximum atomic E-state index is 11.1. The van der Waals surface area contributed by atoms with Gasteiger partial charge >= 0.3 is 5.97 Å². The number of carbonyl (C=O) groups excluding carboxylic acids is 1. The topological polar surface area (TPSA) is 26.3 Å². The monoisotopic (exact) mass is 232 g/mol. The Kier molecular flexibility index (Phi) is 4.95. The van der Waals surface area contributed by atoms with E-state index in [1.54, 1.807) is 0 Å². The summed E-state index contributed by atoms with van der Waals surface area (Å²) >= 11 is 0. The van der Waals surface area contributed by atoms with Crippen LogP contribution in [-0.4, -0.2) is 5.97 Å². The third-order valence-corrected chi connectivity index (χ3v) is 2.84. The van der Waals surface area contributed by atoms with Crippen molar-refractivity contribution in [1.82, 2.24) is 0 Å². The zero-order valence-corrected chi connectivity index (χ0v) is 10.8. The molecule has 1 atom stereocenters. The van der Waals surface area contributed by atoms with Crippen LogP contribution in [0.4, 0.5) is 0 Å². The van der Waals surface area contributed by atoms with Crippen molar-refractivity contribution in [1.29, 1.82) is 0 Å². The number of esters is 1. The molecule has 17 heavy (non-hydrogen) atoms. The summed E-state index contributed by atoms with van der Waals surface area (Å²) in [6.07, 6.45) is 1.31. The van der Waals surface area contributed by atoms with Gasteiger partial charge in [-0.05, 0) is 24.5 Å². The molecule has 1 aromatic rings. The maximum absolute atomic E-state index is 11.1. The third-order valence-electron chi connectivity index (χ3n) is 2.84. The lowest BCUT2D eigenvalue weighted by Crippen LogP contribution is -2.03. The van der Waals surface area contributed by atoms with Gasteiger partial charge in [-0.15, -0.1) is 0 Å². The molecule has 2 rings (SSSR count). The molecule has 0 saturated carbocycles. The van der Waals surface area contributed by atoms with Gasteiger partial charge in [0, 0.05) is 5.92 Å². The Bertz CT molecular complexity index is 407. The summed E-state index contributed by atoms with van der Waals surface area (Å²) in [5.74, 6) is 0.612. The van der Waals surface area contributed by atoms with Crippen LogP contribution in [0.3, 0.4) is 0 Å². The van der Waals surface area contributed by atoms with Crippen LogP contribution in [-0.2, 0) is 16.0 Å². The lowest BCUT2D eigenvalue weighted by molar-refractivity contribution is -0.135. The quantitative estimate of drug-likeness (QED) is 0.728. The van der Waals surface area contributed by atoms with Crippen molar-refractivity contribution in [3.8, 4) is 0 Å². The molecule has 1 aromatic carbocycles. The van der Waals surface area contributed by atoms with E-state index in [0.29, 0.717) is 12.2 Å². The van der Waals surface area contributed by atoms with Crippen LogP contribution in [0.5, 0.6) is 0 Å². The molecule has 1 aliphatic heterocycles. The Balaban J connectivity index is 0.000000686. The average molecular weight is 232 g/mol. The maximum Gasteiger partial charge on any atom is 0.311 e. The van der Waals surface area contributed by atoms with Gasteiger partial charge in [-0.1, -0.05) is 44.7 Å². The predicted octanol–water partition coefficient (Wildman–Crippen LogP) is 3.64. The molecule has 1 unspecified atom stereocenters. The van der Waals surface area contributed by atoms with Crippen LogP contribution in [0.2, 0.25) is 0 Å². The van der Waals surface area contributed by atoms with Crippen LogP contribution in [0.15, 0.2) is 36.6 Å². The van der Waals surface area contributed by atoms with Crippen molar-refractivity contribution in [2.24, 2.45) is 5.92 Å². The van der Waals surface area contributed by atoms with Crippen molar-refractivity contribution in [2.45, 2.75) is 33.6 Å². The van der Waals surface area contributed by atoms with Crippen molar-refractivity contribution in [3.05, 3.63) is 47.7 Å². The number of benzene rings is 1. The third kappa shape index (κ3) is 3.45. The minimum atomic E-state index is -0.154. The molecular weight excluding hydrogens is 212 g/mol. The van der Waals surface area contributed by atoms with Gasteiger partial charge in [-0.3, -0.25) is 4.79 Å². The van der Waals surface area contributed by atoms with Crippen molar-refractivity contribution in [3.63, 3.8) is 0 Å². The van der Waals surface area contributed by atoms with Crippen LogP contribution in [0.1, 0.15) is 31.4 Å². The van der Waals surface area contributed by atoms with E-state index in [9.17, 15) is 4.79 Å². The minimum absolute atomic E-state index is 0.151. The summed E-state index contributed by atoms with van der Waals surface area (Å²) in [7, 11) is 0. The number of carbonyl (C=O) groups is 1. The SMILES string of the molecule is C=C1OC(=O)CC1Cc1ccccc1C.CC. The number of allylic oxidation sites excluding steroid dienone is 1. The highest BCUT2D eigenvalue weighted by Crippen LogP contribution is 2.28. The summed E-state index contributed by atoms with van der Waals surface area (Å²) < 4.78 is 4.95. The largest absolute Gasteiger partial charge is 0.431 e. The Morgan fingerprint density at radius 3 is 2.53 bits per heavy atom. The molecule has 2 heteroatoms. The van der Waals surface area contributed by atoms with E-state index in [4.69, 9.17) is 4.74 Å². The number of aryl methyl sites for hydroxylation is 1. The summed E-state index contributed by atoms with van der Waals surface area (Å²) in [6, 6.07) is 8.20. The summed E-state index contributed by atoms with van der Waals surface area (Å²) in [6.45, 7) is 9.85. The Hall–Kier alpha value is -1.57.